The molecule has 2 aromatic rings. The molecule has 0 bridgehead atoms. The van der Waals surface area contributed by atoms with Gasteiger partial charge in [0.15, 0.2) is 0 Å². The summed E-state index contributed by atoms with van der Waals surface area (Å²) in [7, 11) is 0. The fraction of sp³-hybridized carbons (Fsp3) is 0.357. The number of carbonyl (C=O) groups is 1. The second-order valence-corrected chi connectivity index (χ2v) is 5.65. The first kappa shape index (κ1) is 14.5. The smallest absolute Gasteiger partial charge is 0.286 e. The molecule has 1 heterocycles. The predicted octanol–water partition coefficient (Wildman–Crippen LogP) is 3.35. The number of rotatable bonds is 5. The topological polar surface area (TPSA) is 66.9 Å². The normalized spacial score (nSPS) is 10.6. The lowest BCUT2D eigenvalue weighted by Crippen LogP contribution is -2.11. The molecule has 2 rings (SSSR count). The summed E-state index contributed by atoms with van der Waals surface area (Å²) in [4.78, 5) is 12.0. The van der Waals surface area contributed by atoms with Gasteiger partial charge in [0.25, 0.3) is 5.91 Å². The van der Waals surface area contributed by atoms with Gasteiger partial charge >= 0.3 is 0 Å². The zero-order valence-electron chi connectivity index (χ0n) is 11.8. The Hall–Kier alpha value is -1.95. The highest BCUT2D eigenvalue weighted by atomic mass is 32.1. The van der Waals surface area contributed by atoms with Crippen LogP contribution in [0, 0.1) is 0 Å². The van der Waals surface area contributed by atoms with Crippen molar-refractivity contribution in [1.29, 1.82) is 0 Å². The van der Waals surface area contributed by atoms with Crippen LogP contribution in [0.2, 0.25) is 0 Å². The summed E-state index contributed by atoms with van der Waals surface area (Å²) < 4.78 is 0. The quantitative estimate of drug-likeness (QED) is 0.886. The SMILES string of the molecule is CCNc1nnc(C(=O)Nc2ccc(C(C)C)cc2)s1. The van der Waals surface area contributed by atoms with E-state index < -0.39 is 0 Å². The van der Waals surface area contributed by atoms with Crippen LogP contribution in [0.15, 0.2) is 24.3 Å². The van der Waals surface area contributed by atoms with Crippen LogP contribution in [0.3, 0.4) is 0 Å². The zero-order valence-corrected chi connectivity index (χ0v) is 12.6. The van der Waals surface area contributed by atoms with Crippen molar-refractivity contribution in [2.75, 3.05) is 17.2 Å². The fourth-order valence-corrected chi connectivity index (χ4v) is 2.38. The molecule has 0 aliphatic heterocycles. The van der Waals surface area contributed by atoms with Crippen molar-refractivity contribution in [3.8, 4) is 0 Å². The molecule has 0 saturated carbocycles. The third-order valence-electron chi connectivity index (χ3n) is 2.78. The summed E-state index contributed by atoms with van der Waals surface area (Å²) in [5, 5.41) is 14.6. The Morgan fingerprint density at radius 3 is 2.55 bits per heavy atom. The molecule has 1 aromatic heterocycles. The molecule has 0 aliphatic carbocycles. The molecule has 0 saturated heterocycles. The number of anilines is 2. The Morgan fingerprint density at radius 2 is 1.95 bits per heavy atom. The van der Waals surface area contributed by atoms with Gasteiger partial charge in [-0.25, -0.2) is 0 Å². The van der Waals surface area contributed by atoms with Crippen LogP contribution in [-0.2, 0) is 0 Å². The highest BCUT2D eigenvalue weighted by molar-refractivity contribution is 7.17. The molecule has 0 fully saturated rings. The van der Waals surface area contributed by atoms with Gasteiger partial charge in [0, 0.05) is 12.2 Å². The molecular weight excluding hydrogens is 272 g/mol. The molecule has 0 aliphatic rings. The lowest BCUT2D eigenvalue weighted by molar-refractivity contribution is 0.102. The van der Waals surface area contributed by atoms with E-state index in [0.29, 0.717) is 16.1 Å². The third kappa shape index (κ3) is 3.54. The predicted molar refractivity (Wildman–Crippen MR) is 82.6 cm³/mol. The lowest BCUT2D eigenvalue weighted by atomic mass is 10.0. The molecular formula is C14H18N4OS. The highest BCUT2D eigenvalue weighted by Gasteiger charge is 2.12. The van der Waals surface area contributed by atoms with Crippen molar-refractivity contribution in [2.45, 2.75) is 26.7 Å². The largest absolute Gasteiger partial charge is 0.360 e. The standard InChI is InChI=1S/C14H18N4OS/c1-4-15-14-18-17-13(20-14)12(19)16-11-7-5-10(6-8-11)9(2)3/h5-9H,4H2,1-3H3,(H,15,18)(H,16,19). The summed E-state index contributed by atoms with van der Waals surface area (Å²) >= 11 is 1.25. The zero-order chi connectivity index (χ0) is 14.5. The van der Waals surface area contributed by atoms with Crippen LogP contribution in [0.1, 0.15) is 42.1 Å². The van der Waals surface area contributed by atoms with E-state index >= 15 is 0 Å². The summed E-state index contributed by atoms with van der Waals surface area (Å²) in [5.74, 6) is 0.245. The van der Waals surface area contributed by atoms with Gasteiger partial charge in [-0.05, 0) is 30.5 Å². The first-order valence-corrected chi connectivity index (χ1v) is 7.40. The van der Waals surface area contributed by atoms with Crippen molar-refractivity contribution in [3.05, 3.63) is 34.8 Å². The van der Waals surface area contributed by atoms with Crippen LogP contribution in [-0.4, -0.2) is 22.6 Å². The van der Waals surface area contributed by atoms with Crippen molar-refractivity contribution < 1.29 is 4.79 Å². The average Bonchev–Trinajstić information content (AvgIpc) is 2.88. The van der Waals surface area contributed by atoms with E-state index in [1.54, 1.807) is 0 Å². The Bertz CT molecular complexity index is 577. The first-order chi connectivity index (χ1) is 9.60. The van der Waals surface area contributed by atoms with Crippen LogP contribution >= 0.6 is 11.3 Å². The Labute approximate surface area is 122 Å². The third-order valence-corrected chi connectivity index (χ3v) is 3.66. The van der Waals surface area contributed by atoms with Crippen LogP contribution < -0.4 is 10.6 Å². The maximum atomic E-state index is 12.0. The van der Waals surface area contributed by atoms with Crippen molar-refractivity contribution in [3.63, 3.8) is 0 Å². The van der Waals surface area contributed by atoms with Crippen molar-refractivity contribution >= 4 is 28.1 Å². The lowest BCUT2D eigenvalue weighted by Gasteiger charge is -2.07. The van der Waals surface area contributed by atoms with Gasteiger partial charge in [-0.15, -0.1) is 10.2 Å². The van der Waals surface area contributed by atoms with Gasteiger partial charge in [0.1, 0.15) is 0 Å². The number of aromatic nitrogens is 2. The molecule has 1 amide bonds. The Kier molecular flexibility index (Phi) is 4.68. The second-order valence-electron chi connectivity index (χ2n) is 4.67. The summed E-state index contributed by atoms with van der Waals surface area (Å²) in [5.41, 5.74) is 2.01. The average molecular weight is 290 g/mol. The van der Waals surface area contributed by atoms with E-state index in [9.17, 15) is 4.79 Å². The molecule has 2 N–H and O–H groups in total. The minimum absolute atomic E-state index is 0.232. The summed E-state index contributed by atoms with van der Waals surface area (Å²) in [6.07, 6.45) is 0. The number of hydrogen-bond donors (Lipinski definition) is 2. The van der Waals surface area contributed by atoms with Gasteiger partial charge in [-0.3, -0.25) is 4.79 Å². The highest BCUT2D eigenvalue weighted by Crippen LogP contribution is 2.19. The van der Waals surface area contributed by atoms with Gasteiger partial charge in [-0.2, -0.15) is 0 Å². The molecule has 0 atom stereocenters. The number of nitrogens with zero attached hydrogens (tertiary/aromatic N) is 2. The Balaban J connectivity index is 2.03. The number of hydrogen-bond acceptors (Lipinski definition) is 5. The molecule has 20 heavy (non-hydrogen) atoms. The summed E-state index contributed by atoms with van der Waals surface area (Å²) in [6, 6.07) is 7.84. The molecule has 1 aromatic carbocycles. The van der Waals surface area contributed by atoms with E-state index in [4.69, 9.17) is 0 Å². The monoisotopic (exact) mass is 290 g/mol. The summed E-state index contributed by atoms with van der Waals surface area (Å²) in [6.45, 7) is 7.00. The number of benzene rings is 1. The molecule has 0 radical (unpaired) electrons. The van der Waals surface area contributed by atoms with E-state index in [2.05, 4.69) is 34.7 Å². The van der Waals surface area contributed by atoms with Crippen LogP contribution in [0.25, 0.3) is 0 Å². The maximum Gasteiger partial charge on any atom is 0.286 e. The van der Waals surface area contributed by atoms with E-state index in [1.165, 1.54) is 16.9 Å². The molecule has 5 nitrogen and oxygen atoms in total. The minimum atomic E-state index is -0.232. The van der Waals surface area contributed by atoms with Crippen LogP contribution in [0.5, 0.6) is 0 Å². The van der Waals surface area contributed by atoms with Crippen molar-refractivity contribution in [2.24, 2.45) is 0 Å². The molecule has 0 spiro atoms. The molecule has 6 heteroatoms. The number of carbonyl (C=O) groups excluding carboxylic acids is 1. The van der Waals surface area contributed by atoms with E-state index in [0.717, 1.165) is 12.2 Å². The van der Waals surface area contributed by atoms with Gasteiger partial charge in [0.05, 0.1) is 0 Å². The van der Waals surface area contributed by atoms with E-state index in [1.807, 2.05) is 31.2 Å². The van der Waals surface area contributed by atoms with E-state index in [-0.39, 0.29) is 5.91 Å². The minimum Gasteiger partial charge on any atom is -0.360 e. The van der Waals surface area contributed by atoms with Gasteiger partial charge in [-0.1, -0.05) is 37.3 Å². The maximum absolute atomic E-state index is 12.0. The Morgan fingerprint density at radius 1 is 1.25 bits per heavy atom. The van der Waals surface area contributed by atoms with Crippen molar-refractivity contribution in [1.82, 2.24) is 10.2 Å². The van der Waals surface area contributed by atoms with Gasteiger partial charge < -0.3 is 10.6 Å². The second kappa shape index (κ2) is 6.47. The number of amides is 1. The number of nitrogens with one attached hydrogen (secondary N) is 2. The van der Waals surface area contributed by atoms with Crippen LogP contribution in [0.4, 0.5) is 10.8 Å². The fourth-order valence-electron chi connectivity index (χ4n) is 1.67. The molecule has 0 unspecified atom stereocenters. The first-order valence-electron chi connectivity index (χ1n) is 6.58. The molecule has 106 valence electrons. The van der Waals surface area contributed by atoms with Gasteiger partial charge in [0.2, 0.25) is 10.1 Å².